The van der Waals surface area contributed by atoms with Crippen molar-refractivity contribution in [2.24, 2.45) is 0 Å². The van der Waals surface area contributed by atoms with E-state index in [1.165, 1.54) is 24.8 Å². The lowest BCUT2D eigenvalue weighted by molar-refractivity contribution is -0.137. The van der Waals surface area contributed by atoms with Crippen LogP contribution in [0.25, 0.3) is 5.70 Å². The third kappa shape index (κ3) is 2.57. The van der Waals surface area contributed by atoms with Gasteiger partial charge in [-0.15, -0.1) is 0 Å². The Hall–Kier alpha value is -1.77. The molecule has 3 heteroatoms. The highest BCUT2D eigenvalue weighted by atomic mass is 16.5. The molecule has 0 bridgehead atoms. The third-order valence-corrected chi connectivity index (χ3v) is 4.80. The van der Waals surface area contributed by atoms with Crippen LogP contribution in [0.5, 0.6) is 0 Å². The van der Waals surface area contributed by atoms with Gasteiger partial charge in [-0.25, -0.2) is 4.79 Å². The number of hydrogen-bond acceptors (Lipinski definition) is 3. The van der Waals surface area contributed by atoms with E-state index in [0.717, 1.165) is 17.7 Å². The molecule has 21 heavy (non-hydrogen) atoms. The first-order chi connectivity index (χ1) is 10.1. The monoisotopic (exact) mass is 285 g/mol. The predicted octanol–water partition coefficient (Wildman–Crippen LogP) is 3.61. The van der Waals surface area contributed by atoms with E-state index in [-0.39, 0.29) is 11.5 Å². The number of carbonyl (C=O) groups is 1. The molecule has 0 unspecified atom stereocenters. The minimum absolute atomic E-state index is 0.0466. The number of nitrogens with one attached hydrogen (secondary N) is 1. The summed E-state index contributed by atoms with van der Waals surface area (Å²) in [7, 11) is 0. The number of esters is 1. The standard InChI is InChI=1S/C18H23NO2/c1-3-21-17(20)12-16-14-9-5-4-8-13(14)15-10-6-7-11-18(15,2)19-16/h4-5,8-9,12,15,19H,3,6-7,10-11H2,1-2H3/b16-12-/t15-,18-/m1/s1. The van der Waals surface area contributed by atoms with E-state index < -0.39 is 0 Å². The largest absolute Gasteiger partial charge is 0.463 e. The molecule has 0 saturated heterocycles. The molecule has 1 aliphatic heterocycles. The van der Waals surface area contributed by atoms with Crippen LogP contribution in [0, 0.1) is 0 Å². The predicted molar refractivity (Wildman–Crippen MR) is 83.8 cm³/mol. The number of benzene rings is 1. The van der Waals surface area contributed by atoms with Gasteiger partial charge in [-0.1, -0.05) is 37.1 Å². The molecule has 0 aromatic heterocycles. The lowest BCUT2D eigenvalue weighted by Gasteiger charge is -2.48. The van der Waals surface area contributed by atoms with Crippen molar-refractivity contribution < 1.29 is 9.53 Å². The fourth-order valence-electron chi connectivity index (χ4n) is 3.82. The molecule has 1 fully saturated rings. The highest BCUT2D eigenvalue weighted by Crippen LogP contribution is 2.47. The van der Waals surface area contributed by atoms with Crippen LogP contribution >= 0.6 is 0 Å². The zero-order chi connectivity index (χ0) is 14.9. The molecule has 2 aliphatic rings. The van der Waals surface area contributed by atoms with Crippen LogP contribution in [0.15, 0.2) is 30.3 Å². The van der Waals surface area contributed by atoms with Crippen LogP contribution in [0.2, 0.25) is 0 Å². The molecule has 3 rings (SSSR count). The molecule has 1 heterocycles. The maximum Gasteiger partial charge on any atom is 0.332 e. The summed E-state index contributed by atoms with van der Waals surface area (Å²) in [4.78, 5) is 11.8. The van der Waals surface area contributed by atoms with E-state index in [1.54, 1.807) is 6.08 Å². The van der Waals surface area contributed by atoms with Crippen molar-refractivity contribution in [3.8, 4) is 0 Å². The number of fused-ring (bicyclic) bond motifs is 3. The minimum Gasteiger partial charge on any atom is -0.463 e. The van der Waals surface area contributed by atoms with E-state index in [0.29, 0.717) is 12.5 Å². The number of hydrogen-bond donors (Lipinski definition) is 1. The van der Waals surface area contributed by atoms with E-state index in [9.17, 15) is 4.79 Å². The van der Waals surface area contributed by atoms with Gasteiger partial charge in [0.2, 0.25) is 0 Å². The molecule has 0 spiro atoms. The summed E-state index contributed by atoms with van der Waals surface area (Å²) in [6.45, 7) is 4.52. The van der Waals surface area contributed by atoms with Crippen LogP contribution in [-0.2, 0) is 9.53 Å². The van der Waals surface area contributed by atoms with E-state index >= 15 is 0 Å². The van der Waals surface area contributed by atoms with Gasteiger partial charge in [0.15, 0.2) is 0 Å². The molecular formula is C18H23NO2. The van der Waals surface area contributed by atoms with Gasteiger partial charge in [-0.2, -0.15) is 0 Å². The Kier molecular flexibility index (Phi) is 3.75. The van der Waals surface area contributed by atoms with Crippen LogP contribution in [0.1, 0.15) is 56.6 Å². The minimum atomic E-state index is -0.271. The van der Waals surface area contributed by atoms with E-state index in [2.05, 4.69) is 30.4 Å². The fraction of sp³-hybridized carbons (Fsp3) is 0.500. The Morgan fingerprint density at radius 1 is 1.43 bits per heavy atom. The molecule has 0 amide bonds. The van der Waals surface area contributed by atoms with Gasteiger partial charge in [-0.05, 0) is 32.3 Å². The van der Waals surface area contributed by atoms with Gasteiger partial charge >= 0.3 is 5.97 Å². The number of ether oxygens (including phenoxy) is 1. The zero-order valence-electron chi connectivity index (χ0n) is 12.8. The second-order valence-electron chi connectivity index (χ2n) is 6.24. The topological polar surface area (TPSA) is 38.3 Å². The lowest BCUT2D eigenvalue weighted by Crippen LogP contribution is -2.51. The van der Waals surface area contributed by atoms with E-state index in [1.807, 2.05) is 13.0 Å². The van der Waals surface area contributed by atoms with Gasteiger partial charge < -0.3 is 10.1 Å². The fourth-order valence-corrected chi connectivity index (χ4v) is 3.82. The first-order valence-corrected chi connectivity index (χ1v) is 7.90. The van der Waals surface area contributed by atoms with E-state index in [4.69, 9.17) is 4.74 Å². The Morgan fingerprint density at radius 3 is 3.05 bits per heavy atom. The molecule has 2 atom stereocenters. The summed E-state index contributed by atoms with van der Waals surface area (Å²) in [5, 5.41) is 3.64. The van der Waals surface area contributed by atoms with Crippen LogP contribution in [0.3, 0.4) is 0 Å². The van der Waals surface area contributed by atoms with Crippen molar-refractivity contribution in [1.82, 2.24) is 5.32 Å². The number of carbonyl (C=O) groups excluding carboxylic acids is 1. The lowest BCUT2D eigenvalue weighted by atomic mass is 9.67. The van der Waals surface area contributed by atoms with Gasteiger partial charge in [0.25, 0.3) is 0 Å². The van der Waals surface area contributed by atoms with Crippen molar-refractivity contribution in [3.63, 3.8) is 0 Å². The molecule has 1 aromatic rings. The van der Waals surface area contributed by atoms with Crippen molar-refractivity contribution in [2.75, 3.05) is 6.61 Å². The second-order valence-corrected chi connectivity index (χ2v) is 6.24. The molecule has 1 N–H and O–H groups in total. The maximum atomic E-state index is 11.8. The van der Waals surface area contributed by atoms with Crippen molar-refractivity contribution in [2.45, 2.75) is 51.0 Å². The third-order valence-electron chi connectivity index (χ3n) is 4.80. The van der Waals surface area contributed by atoms with Gasteiger partial charge in [0.05, 0.1) is 6.61 Å². The molecule has 1 aromatic carbocycles. The maximum absolute atomic E-state index is 11.8. The highest BCUT2D eigenvalue weighted by Gasteiger charge is 2.42. The Labute approximate surface area is 126 Å². The molecule has 112 valence electrons. The quantitative estimate of drug-likeness (QED) is 0.666. The van der Waals surface area contributed by atoms with Crippen molar-refractivity contribution in [3.05, 3.63) is 41.5 Å². The summed E-state index contributed by atoms with van der Waals surface area (Å²) in [6, 6.07) is 8.44. The van der Waals surface area contributed by atoms with Crippen LogP contribution in [-0.4, -0.2) is 18.1 Å². The molecule has 1 aliphatic carbocycles. The zero-order valence-corrected chi connectivity index (χ0v) is 12.8. The first kappa shape index (κ1) is 14.2. The smallest absolute Gasteiger partial charge is 0.332 e. The molecule has 0 radical (unpaired) electrons. The van der Waals surface area contributed by atoms with Crippen LogP contribution in [0.4, 0.5) is 0 Å². The summed E-state index contributed by atoms with van der Waals surface area (Å²) < 4.78 is 5.07. The second kappa shape index (κ2) is 5.55. The molecule has 3 nitrogen and oxygen atoms in total. The van der Waals surface area contributed by atoms with Gasteiger partial charge in [0, 0.05) is 28.8 Å². The van der Waals surface area contributed by atoms with Gasteiger partial charge in [-0.3, -0.25) is 0 Å². The SMILES string of the molecule is CCOC(=O)/C=C1\N[C@]2(C)CCCC[C@@H]2c2ccccc21. The molecular weight excluding hydrogens is 262 g/mol. The summed E-state index contributed by atoms with van der Waals surface area (Å²) >= 11 is 0. The van der Waals surface area contributed by atoms with Gasteiger partial charge in [0.1, 0.15) is 0 Å². The summed E-state index contributed by atoms with van der Waals surface area (Å²) in [5.41, 5.74) is 3.47. The normalized spacial score (nSPS) is 29.2. The van der Waals surface area contributed by atoms with Crippen LogP contribution < -0.4 is 5.32 Å². The van der Waals surface area contributed by atoms with Crippen molar-refractivity contribution >= 4 is 11.7 Å². The Bertz CT molecular complexity index is 578. The summed E-state index contributed by atoms with van der Waals surface area (Å²) in [6.07, 6.45) is 6.50. The first-order valence-electron chi connectivity index (χ1n) is 7.90. The Morgan fingerprint density at radius 2 is 2.24 bits per heavy atom. The highest BCUT2D eigenvalue weighted by molar-refractivity contribution is 5.92. The average Bonchev–Trinajstić information content (AvgIpc) is 2.47. The number of rotatable bonds is 2. The molecule has 1 saturated carbocycles. The average molecular weight is 285 g/mol. The Balaban J connectivity index is 2.04. The van der Waals surface area contributed by atoms with Crippen molar-refractivity contribution in [1.29, 1.82) is 0 Å². The summed E-state index contributed by atoms with van der Waals surface area (Å²) in [5.74, 6) is 0.259.